The summed E-state index contributed by atoms with van der Waals surface area (Å²) in [4.78, 5) is 16.5. The van der Waals surface area contributed by atoms with Crippen LogP contribution in [0.4, 0.5) is 17.1 Å². The number of aromatic nitrogens is 1. The van der Waals surface area contributed by atoms with Crippen molar-refractivity contribution in [3.8, 4) is 0 Å². The Morgan fingerprint density at radius 2 is 1.60 bits per heavy atom. The van der Waals surface area contributed by atoms with Gasteiger partial charge in [-0.25, -0.2) is 0 Å². The maximum absolute atomic E-state index is 12.5. The van der Waals surface area contributed by atoms with Crippen molar-refractivity contribution in [3.05, 3.63) is 82.6 Å². The number of carbonyl (C=O) groups is 1. The molecule has 1 aliphatic rings. The normalized spacial score (nSPS) is 12.8. The van der Waals surface area contributed by atoms with Crippen LogP contribution in [0.3, 0.4) is 0 Å². The average molecular weight is 348 g/mol. The largest absolute Gasteiger partial charge is 0.353 e. The summed E-state index contributed by atoms with van der Waals surface area (Å²) in [7, 11) is 0. The molecule has 1 amide bonds. The minimum absolute atomic E-state index is 0.159. The van der Waals surface area contributed by atoms with Gasteiger partial charge in [0.05, 0.1) is 22.6 Å². The summed E-state index contributed by atoms with van der Waals surface area (Å²) in [5.41, 5.74) is 4.87. The summed E-state index contributed by atoms with van der Waals surface area (Å²) in [5, 5.41) is 6.81. The Kier molecular flexibility index (Phi) is 3.96. The first-order valence-electron chi connectivity index (χ1n) is 7.79. The molecule has 0 aliphatic carbocycles. The van der Waals surface area contributed by atoms with E-state index in [9.17, 15) is 4.79 Å². The number of fused-ring (bicyclic) bond motifs is 2. The SMILES string of the molecule is O=C1Nc2cc(/C=C/c3ccncc3)ccc2Nc2cc(Cl)ccc21. The van der Waals surface area contributed by atoms with E-state index < -0.39 is 0 Å². The molecule has 1 aromatic heterocycles. The number of anilines is 3. The van der Waals surface area contributed by atoms with Gasteiger partial charge in [-0.3, -0.25) is 9.78 Å². The Labute approximate surface area is 150 Å². The van der Waals surface area contributed by atoms with Gasteiger partial charge in [-0.05, 0) is 53.6 Å². The van der Waals surface area contributed by atoms with Gasteiger partial charge in [0.2, 0.25) is 0 Å². The van der Waals surface area contributed by atoms with E-state index in [1.54, 1.807) is 30.6 Å². The molecular formula is C20H14ClN3O. The first kappa shape index (κ1) is 15.4. The van der Waals surface area contributed by atoms with Crippen LogP contribution in [0.1, 0.15) is 21.5 Å². The summed E-state index contributed by atoms with van der Waals surface area (Å²) in [6.45, 7) is 0. The molecular weight excluding hydrogens is 334 g/mol. The number of hydrogen-bond acceptors (Lipinski definition) is 3. The highest BCUT2D eigenvalue weighted by Gasteiger charge is 2.19. The molecule has 0 bridgehead atoms. The zero-order valence-electron chi connectivity index (χ0n) is 13.2. The number of nitrogens with one attached hydrogen (secondary N) is 2. The molecule has 0 saturated carbocycles. The molecule has 4 rings (SSSR count). The average Bonchev–Trinajstić information content (AvgIpc) is 2.75. The minimum Gasteiger partial charge on any atom is -0.353 e. The zero-order chi connectivity index (χ0) is 17.2. The maximum Gasteiger partial charge on any atom is 0.257 e. The van der Waals surface area contributed by atoms with Crippen LogP contribution in [0.15, 0.2) is 60.9 Å². The molecule has 0 atom stereocenters. The second-order valence-corrected chi connectivity index (χ2v) is 6.12. The van der Waals surface area contributed by atoms with E-state index in [1.807, 2.05) is 42.5 Å². The lowest BCUT2D eigenvalue weighted by molar-refractivity contribution is 0.102. The van der Waals surface area contributed by atoms with Gasteiger partial charge < -0.3 is 10.6 Å². The third kappa shape index (κ3) is 3.25. The quantitative estimate of drug-likeness (QED) is 0.668. The third-order valence-electron chi connectivity index (χ3n) is 3.96. The van der Waals surface area contributed by atoms with E-state index in [1.165, 1.54) is 0 Å². The number of halogens is 1. The van der Waals surface area contributed by atoms with Gasteiger partial charge in [0.15, 0.2) is 0 Å². The van der Waals surface area contributed by atoms with E-state index in [4.69, 9.17) is 11.6 Å². The Morgan fingerprint density at radius 1 is 0.800 bits per heavy atom. The molecule has 0 spiro atoms. The molecule has 122 valence electrons. The van der Waals surface area contributed by atoms with Crippen LogP contribution >= 0.6 is 11.6 Å². The van der Waals surface area contributed by atoms with Crippen LogP contribution in [-0.4, -0.2) is 10.9 Å². The summed E-state index contributed by atoms with van der Waals surface area (Å²) in [6, 6.07) is 14.9. The fourth-order valence-electron chi connectivity index (χ4n) is 2.70. The highest BCUT2D eigenvalue weighted by molar-refractivity contribution is 6.31. The monoisotopic (exact) mass is 347 g/mol. The van der Waals surface area contributed by atoms with E-state index >= 15 is 0 Å². The molecule has 5 heteroatoms. The fraction of sp³-hybridized carbons (Fsp3) is 0. The van der Waals surface area contributed by atoms with E-state index in [0.717, 1.165) is 22.5 Å². The lowest BCUT2D eigenvalue weighted by atomic mass is 10.1. The lowest BCUT2D eigenvalue weighted by Gasteiger charge is -2.09. The Bertz CT molecular complexity index is 983. The Morgan fingerprint density at radius 3 is 2.44 bits per heavy atom. The molecule has 0 fully saturated rings. The van der Waals surface area contributed by atoms with Crippen LogP contribution in [0.5, 0.6) is 0 Å². The lowest BCUT2D eigenvalue weighted by Crippen LogP contribution is -2.10. The number of nitrogens with zero attached hydrogens (tertiary/aromatic N) is 1. The van der Waals surface area contributed by atoms with Crippen molar-refractivity contribution in [2.24, 2.45) is 0 Å². The van der Waals surface area contributed by atoms with Crippen molar-refractivity contribution >= 4 is 46.7 Å². The van der Waals surface area contributed by atoms with Gasteiger partial charge in [0, 0.05) is 17.4 Å². The summed E-state index contributed by atoms with van der Waals surface area (Å²) >= 11 is 6.04. The van der Waals surface area contributed by atoms with Crippen molar-refractivity contribution in [3.63, 3.8) is 0 Å². The molecule has 2 heterocycles. The van der Waals surface area contributed by atoms with Crippen LogP contribution < -0.4 is 10.6 Å². The first-order valence-corrected chi connectivity index (χ1v) is 8.17. The van der Waals surface area contributed by atoms with Gasteiger partial charge >= 0.3 is 0 Å². The van der Waals surface area contributed by atoms with Gasteiger partial charge in [0.1, 0.15) is 0 Å². The standard InChI is InChI=1S/C20H14ClN3O/c21-15-4-5-16-18(12-15)23-17-6-3-14(11-19(17)24-20(16)25)2-1-13-7-9-22-10-8-13/h1-12,23H,(H,24,25)/b2-1+. The molecule has 1 aliphatic heterocycles. The number of benzene rings is 2. The Hall–Kier alpha value is -3.11. The molecule has 2 N–H and O–H groups in total. The van der Waals surface area contributed by atoms with Crippen LogP contribution in [-0.2, 0) is 0 Å². The van der Waals surface area contributed by atoms with Gasteiger partial charge in [-0.1, -0.05) is 29.8 Å². The fourth-order valence-corrected chi connectivity index (χ4v) is 2.87. The predicted octanol–water partition coefficient (Wildman–Crippen LogP) is 5.21. The maximum atomic E-state index is 12.5. The molecule has 3 aromatic rings. The van der Waals surface area contributed by atoms with Crippen molar-refractivity contribution in [2.75, 3.05) is 10.6 Å². The summed E-state index contributed by atoms with van der Waals surface area (Å²) in [5.74, 6) is -0.159. The molecule has 0 saturated heterocycles. The van der Waals surface area contributed by atoms with E-state index in [2.05, 4.69) is 15.6 Å². The van der Waals surface area contributed by atoms with Gasteiger partial charge in [0.25, 0.3) is 5.91 Å². The van der Waals surface area contributed by atoms with Crippen LogP contribution in [0, 0.1) is 0 Å². The van der Waals surface area contributed by atoms with E-state index in [0.29, 0.717) is 16.3 Å². The van der Waals surface area contributed by atoms with Crippen molar-refractivity contribution in [2.45, 2.75) is 0 Å². The summed E-state index contributed by atoms with van der Waals surface area (Å²) in [6.07, 6.45) is 7.51. The van der Waals surface area contributed by atoms with Crippen LogP contribution in [0.25, 0.3) is 12.2 Å². The zero-order valence-corrected chi connectivity index (χ0v) is 13.9. The number of amides is 1. The minimum atomic E-state index is -0.159. The first-order chi connectivity index (χ1) is 12.2. The number of hydrogen-bond donors (Lipinski definition) is 2. The number of carbonyl (C=O) groups excluding carboxylic acids is 1. The smallest absolute Gasteiger partial charge is 0.257 e. The molecule has 2 aromatic carbocycles. The van der Waals surface area contributed by atoms with E-state index in [-0.39, 0.29) is 5.91 Å². The second-order valence-electron chi connectivity index (χ2n) is 5.69. The third-order valence-corrected chi connectivity index (χ3v) is 4.20. The summed E-state index contributed by atoms with van der Waals surface area (Å²) < 4.78 is 0. The number of rotatable bonds is 2. The molecule has 0 radical (unpaired) electrons. The van der Waals surface area contributed by atoms with Crippen molar-refractivity contribution < 1.29 is 4.79 Å². The highest BCUT2D eigenvalue weighted by Crippen LogP contribution is 2.34. The van der Waals surface area contributed by atoms with Crippen molar-refractivity contribution in [1.29, 1.82) is 0 Å². The second kappa shape index (κ2) is 6.42. The highest BCUT2D eigenvalue weighted by atomic mass is 35.5. The molecule has 0 unspecified atom stereocenters. The number of pyridine rings is 1. The Balaban J connectivity index is 1.67. The van der Waals surface area contributed by atoms with Crippen LogP contribution in [0.2, 0.25) is 5.02 Å². The van der Waals surface area contributed by atoms with Gasteiger partial charge in [-0.15, -0.1) is 0 Å². The topological polar surface area (TPSA) is 54.0 Å². The predicted molar refractivity (Wildman–Crippen MR) is 102 cm³/mol. The molecule has 4 nitrogen and oxygen atoms in total. The molecule has 25 heavy (non-hydrogen) atoms. The van der Waals surface area contributed by atoms with Gasteiger partial charge in [-0.2, -0.15) is 0 Å². The van der Waals surface area contributed by atoms with Crippen molar-refractivity contribution in [1.82, 2.24) is 4.98 Å².